The van der Waals surface area contributed by atoms with Crippen molar-refractivity contribution in [2.45, 2.75) is 6.42 Å². The van der Waals surface area contributed by atoms with Crippen LogP contribution in [0, 0.1) is 5.82 Å². The van der Waals surface area contributed by atoms with E-state index >= 15 is 0 Å². The molecule has 0 bridgehead atoms. The van der Waals surface area contributed by atoms with Gasteiger partial charge in [0, 0.05) is 0 Å². The van der Waals surface area contributed by atoms with Crippen LogP contribution >= 0.6 is 0 Å². The predicted octanol–water partition coefficient (Wildman–Crippen LogP) is 3.41. The zero-order chi connectivity index (χ0) is 11.9. The van der Waals surface area contributed by atoms with E-state index in [2.05, 4.69) is 5.48 Å². The van der Waals surface area contributed by atoms with E-state index in [1.807, 2.05) is 30.3 Å². The molecule has 0 fully saturated rings. The fourth-order valence-electron chi connectivity index (χ4n) is 1.49. The molecule has 2 aromatic rings. The van der Waals surface area contributed by atoms with Crippen molar-refractivity contribution in [1.29, 1.82) is 0 Å². The van der Waals surface area contributed by atoms with Crippen molar-refractivity contribution in [3.63, 3.8) is 0 Å². The lowest BCUT2D eigenvalue weighted by Crippen LogP contribution is -2.06. The molecule has 2 nitrogen and oxygen atoms in total. The lowest BCUT2D eigenvalue weighted by molar-refractivity contribution is 0.196. The van der Waals surface area contributed by atoms with E-state index in [1.165, 1.54) is 11.6 Å². The van der Waals surface area contributed by atoms with Gasteiger partial charge in [0.1, 0.15) is 5.82 Å². The zero-order valence-corrected chi connectivity index (χ0v) is 9.40. The topological polar surface area (TPSA) is 21.3 Å². The molecule has 0 saturated carbocycles. The number of anilines is 1. The van der Waals surface area contributed by atoms with Crippen LogP contribution in [0.5, 0.6) is 0 Å². The van der Waals surface area contributed by atoms with E-state index in [4.69, 9.17) is 4.84 Å². The summed E-state index contributed by atoms with van der Waals surface area (Å²) < 4.78 is 13.2. The van der Waals surface area contributed by atoms with Gasteiger partial charge in [0.25, 0.3) is 0 Å². The molecule has 88 valence electrons. The molecular weight excluding hydrogens is 217 g/mol. The largest absolute Gasteiger partial charge is 0.276 e. The van der Waals surface area contributed by atoms with E-state index in [1.54, 1.807) is 18.2 Å². The second-order valence-corrected chi connectivity index (χ2v) is 3.67. The number of hydrogen-bond donors (Lipinski definition) is 1. The molecule has 17 heavy (non-hydrogen) atoms. The van der Waals surface area contributed by atoms with Crippen LogP contribution in [0.3, 0.4) is 0 Å². The van der Waals surface area contributed by atoms with Gasteiger partial charge in [0.15, 0.2) is 0 Å². The smallest absolute Gasteiger partial charge is 0.148 e. The molecule has 0 unspecified atom stereocenters. The lowest BCUT2D eigenvalue weighted by Gasteiger charge is -2.07. The number of halogens is 1. The van der Waals surface area contributed by atoms with Crippen molar-refractivity contribution < 1.29 is 9.23 Å². The van der Waals surface area contributed by atoms with Gasteiger partial charge in [-0.25, -0.2) is 4.39 Å². The number of nitrogens with one attached hydrogen (secondary N) is 1. The van der Waals surface area contributed by atoms with E-state index in [-0.39, 0.29) is 5.82 Å². The summed E-state index contributed by atoms with van der Waals surface area (Å²) in [6.45, 7) is 0.498. The fraction of sp³-hybridized carbons (Fsp3) is 0.143. The summed E-state index contributed by atoms with van der Waals surface area (Å²) in [6, 6.07) is 16.4. The van der Waals surface area contributed by atoms with Crippen LogP contribution in [0.4, 0.5) is 10.1 Å². The third kappa shape index (κ3) is 3.57. The van der Waals surface area contributed by atoms with Crippen molar-refractivity contribution in [3.05, 3.63) is 66.0 Å². The van der Waals surface area contributed by atoms with Gasteiger partial charge in [-0.1, -0.05) is 42.5 Å². The van der Waals surface area contributed by atoms with Crippen LogP contribution in [0.1, 0.15) is 5.56 Å². The molecule has 0 radical (unpaired) electrons. The highest BCUT2D eigenvalue weighted by molar-refractivity contribution is 5.41. The SMILES string of the molecule is Fc1ccccc1NOCCc1ccccc1. The minimum absolute atomic E-state index is 0.313. The second kappa shape index (κ2) is 6.01. The van der Waals surface area contributed by atoms with Gasteiger partial charge in [-0.2, -0.15) is 0 Å². The first-order valence-corrected chi connectivity index (χ1v) is 5.52. The van der Waals surface area contributed by atoms with Crippen LogP contribution in [0.2, 0.25) is 0 Å². The summed E-state index contributed by atoms with van der Waals surface area (Å²) in [5.41, 5.74) is 4.17. The Kier molecular flexibility index (Phi) is 4.11. The highest BCUT2D eigenvalue weighted by atomic mass is 19.1. The molecular formula is C14H14FNO. The maximum Gasteiger partial charge on any atom is 0.148 e. The first-order chi connectivity index (χ1) is 8.36. The zero-order valence-electron chi connectivity index (χ0n) is 9.40. The number of hydrogen-bond acceptors (Lipinski definition) is 2. The highest BCUT2D eigenvalue weighted by Crippen LogP contribution is 2.12. The van der Waals surface area contributed by atoms with Crippen molar-refractivity contribution in [1.82, 2.24) is 0 Å². The quantitative estimate of drug-likeness (QED) is 0.629. The minimum atomic E-state index is -0.313. The average Bonchev–Trinajstić information content (AvgIpc) is 2.38. The molecule has 0 aromatic heterocycles. The Labute approximate surface area is 100 Å². The van der Waals surface area contributed by atoms with Gasteiger partial charge in [0.2, 0.25) is 0 Å². The van der Waals surface area contributed by atoms with E-state index in [0.717, 1.165) is 6.42 Å². The molecule has 0 aliphatic carbocycles. The highest BCUT2D eigenvalue weighted by Gasteiger charge is 1.99. The van der Waals surface area contributed by atoms with Crippen molar-refractivity contribution >= 4 is 5.69 Å². The minimum Gasteiger partial charge on any atom is -0.276 e. The fourth-order valence-corrected chi connectivity index (χ4v) is 1.49. The summed E-state index contributed by atoms with van der Waals surface area (Å²) in [5.74, 6) is -0.313. The van der Waals surface area contributed by atoms with E-state index in [0.29, 0.717) is 12.3 Å². The molecule has 3 heteroatoms. The molecule has 0 spiro atoms. The molecule has 0 aliphatic rings. The van der Waals surface area contributed by atoms with E-state index < -0.39 is 0 Å². The van der Waals surface area contributed by atoms with Crippen LogP contribution in [0.15, 0.2) is 54.6 Å². The monoisotopic (exact) mass is 231 g/mol. The Morgan fingerprint density at radius 3 is 2.41 bits per heavy atom. The van der Waals surface area contributed by atoms with Crippen molar-refractivity contribution in [3.8, 4) is 0 Å². The Morgan fingerprint density at radius 2 is 1.65 bits per heavy atom. The van der Waals surface area contributed by atoms with E-state index in [9.17, 15) is 4.39 Å². The third-order valence-corrected chi connectivity index (χ3v) is 2.39. The first kappa shape index (κ1) is 11.6. The molecule has 1 N–H and O–H groups in total. The molecule has 0 saturated heterocycles. The first-order valence-electron chi connectivity index (χ1n) is 5.52. The van der Waals surface area contributed by atoms with Crippen LogP contribution in [-0.4, -0.2) is 6.61 Å². The molecule has 2 aromatic carbocycles. The lowest BCUT2D eigenvalue weighted by atomic mass is 10.2. The molecule has 2 rings (SSSR count). The van der Waals surface area contributed by atoms with Crippen LogP contribution < -0.4 is 5.48 Å². The van der Waals surface area contributed by atoms with Crippen molar-refractivity contribution in [2.75, 3.05) is 12.1 Å². The Hall–Kier alpha value is -1.87. The van der Waals surface area contributed by atoms with Gasteiger partial charge >= 0.3 is 0 Å². The Morgan fingerprint density at radius 1 is 0.941 bits per heavy atom. The van der Waals surface area contributed by atoms with Crippen LogP contribution in [0.25, 0.3) is 0 Å². The summed E-state index contributed by atoms with van der Waals surface area (Å²) in [7, 11) is 0. The maximum absolute atomic E-state index is 13.2. The predicted molar refractivity (Wildman–Crippen MR) is 66.1 cm³/mol. The van der Waals surface area contributed by atoms with Gasteiger partial charge in [-0.3, -0.25) is 10.3 Å². The summed E-state index contributed by atoms with van der Waals surface area (Å²) in [6.07, 6.45) is 0.794. The Bertz CT molecular complexity index is 459. The summed E-state index contributed by atoms with van der Waals surface area (Å²) in [4.78, 5) is 5.21. The second-order valence-electron chi connectivity index (χ2n) is 3.67. The maximum atomic E-state index is 13.2. The molecule has 0 aliphatic heterocycles. The number of para-hydroxylation sites is 1. The Balaban J connectivity index is 1.76. The standard InChI is InChI=1S/C14H14FNO/c15-13-8-4-5-9-14(13)16-17-11-10-12-6-2-1-3-7-12/h1-9,16H,10-11H2. The van der Waals surface area contributed by atoms with Crippen molar-refractivity contribution in [2.24, 2.45) is 0 Å². The van der Waals surface area contributed by atoms with Gasteiger partial charge < -0.3 is 0 Å². The molecule has 0 atom stereocenters. The molecule has 0 heterocycles. The normalized spacial score (nSPS) is 10.2. The summed E-state index contributed by atoms with van der Waals surface area (Å²) in [5, 5.41) is 0. The van der Waals surface area contributed by atoms with Gasteiger partial charge in [-0.15, -0.1) is 0 Å². The molecule has 0 amide bonds. The summed E-state index contributed by atoms with van der Waals surface area (Å²) >= 11 is 0. The number of rotatable bonds is 5. The van der Waals surface area contributed by atoms with Crippen LogP contribution in [-0.2, 0) is 11.3 Å². The van der Waals surface area contributed by atoms with Gasteiger partial charge in [0.05, 0.1) is 12.3 Å². The third-order valence-electron chi connectivity index (χ3n) is 2.39. The average molecular weight is 231 g/mol. The number of benzene rings is 2. The van der Waals surface area contributed by atoms with Gasteiger partial charge in [-0.05, 0) is 24.1 Å².